The van der Waals surface area contributed by atoms with Crippen LogP contribution in [-0.2, 0) is 4.74 Å². The summed E-state index contributed by atoms with van der Waals surface area (Å²) >= 11 is 0. The highest BCUT2D eigenvalue weighted by atomic mass is 16.6. The Labute approximate surface area is 115 Å². The summed E-state index contributed by atoms with van der Waals surface area (Å²) in [7, 11) is 4.01. The van der Waals surface area contributed by atoms with E-state index in [4.69, 9.17) is 4.74 Å². The summed E-state index contributed by atoms with van der Waals surface area (Å²) in [4.78, 5) is 2.29. The molecule has 0 aromatic heterocycles. The van der Waals surface area contributed by atoms with Gasteiger partial charge in [-0.2, -0.15) is 0 Å². The average Bonchev–Trinajstić information content (AvgIpc) is 2.41. The summed E-state index contributed by atoms with van der Waals surface area (Å²) in [5, 5.41) is 13.3. The van der Waals surface area contributed by atoms with Crippen LogP contribution in [0.1, 0.15) is 30.3 Å². The second-order valence-electron chi connectivity index (χ2n) is 5.32. The molecule has 0 aliphatic carbocycles. The lowest BCUT2D eigenvalue weighted by Crippen LogP contribution is -2.34. The summed E-state index contributed by atoms with van der Waals surface area (Å²) in [6.45, 7) is 4.10. The molecule has 1 saturated heterocycles. The third-order valence-electron chi connectivity index (χ3n) is 3.79. The van der Waals surface area contributed by atoms with E-state index in [0.717, 1.165) is 42.7 Å². The second kappa shape index (κ2) is 6.37. The molecule has 0 radical (unpaired) electrons. The molecule has 2 rings (SSSR count). The Morgan fingerprint density at radius 3 is 2.63 bits per heavy atom. The van der Waals surface area contributed by atoms with Gasteiger partial charge in [0.1, 0.15) is 0 Å². The zero-order valence-electron chi connectivity index (χ0n) is 12.0. The van der Waals surface area contributed by atoms with Crippen LogP contribution in [0.5, 0.6) is 0 Å². The first kappa shape index (κ1) is 14.3. The van der Waals surface area contributed by atoms with Crippen molar-refractivity contribution >= 4 is 5.69 Å². The van der Waals surface area contributed by atoms with Crippen molar-refractivity contribution in [2.24, 2.45) is 0 Å². The van der Waals surface area contributed by atoms with E-state index in [1.54, 1.807) is 0 Å². The predicted molar refractivity (Wildman–Crippen MR) is 77.3 cm³/mol. The zero-order chi connectivity index (χ0) is 13.8. The lowest BCUT2D eigenvalue weighted by Gasteiger charge is -2.30. The Balaban J connectivity index is 1.96. The van der Waals surface area contributed by atoms with Crippen molar-refractivity contribution < 1.29 is 9.84 Å². The highest BCUT2D eigenvalue weighted by Crippen LogP contribution is 2.24. The molecule has 4 heteroatoms. The van der Waals surface area contributed by atoms with E-state index in [-0.39, 0.29) is 6.10 Å². The van der Waals surface area contributed by atoms with Crippen molar-refractivity contribution in [3.8, 4) is 0 Å². The number of nitrogens with zero attached hydrogens (tertiary/aromatic N) is 1. The molecule has 4 nitrogen and oxygen atoms in total. The van der Waals surface area contributed by atoms with Gasteiger partial charge < -0.3 is 20.1 Å². The maximum absolute atomic E-state index is 10.2. The minimum atomic E-state index is -0.821. The van der Waals surface area contributed by atoms with Gasteiger partial charge in [-0.15, -0.1) is 0 Å². The standard InChI is InChI=1S/C15H24N2O2/c1-11-10-12(4-5-14(11)16-2)15(18)19-13-6-8-17(3)9-7-13/h4-5,10,13,15-16,18H,6-9H2,1-3H3. The lowest BCUT2D eigenvalue weighted by atomic mass is 10.1. The first-order valence-electron chi connectivity index (χ1n) is 6.90. The van der Waals surface area contributed by atoms with Crippen LogP contribution in [0.25, 0.3) is 0 Å². The van der Waals surface area contributed by atoms with Crippen LogP contribution in [0.3, 0.4) is 0 Å². The Morgan fingerprint density at radius 2 is 2.05 bits per heavy atom. The van der Waals surface area contributed by atoms with Crippen molar-refractivity contribution in [1.82, 2.24) is 4.90 Å². The Morgan fingerprint density at radius 1 is 1.37 bits per heavy atom. The normalized spacial score (nSPS) is 19.4. The Hall–Kier alpha value is -1.10. The number of aliphatic hydroxyl groups is 1. The number of aryl methyl sites for hydroxylation is 1. The minimum absolute atomic E-state index is 0.162. The third-order valence-corrected chi connectivity index (χ3v) is 3.79. The number of aliphatic hydroxyl groups excluding tert-OH is 1. The van der Waals surface area contributed by atoms with Crippen LogP contribution in [0.2, 0.25) is 0 Å². The van der Waals surface area contributed by atoms with Gasteiger partial charge in [-0.1, -0.05) is 6.07 Å². The van der Waals surface area contributed by atoms with E-state index >= 15 is 0 Å². The second-order valence-corrected chi connectivity index (χ2v) is 5.32. The van der Waals surface area contributed by atoms with Crippen molar-refractivity contribution in [2.75, 3.05) is 32.5 Å². The molecule has 1 aliphatic heterocycles. The molecule has 1 heterocycles. The first-order valence-corrected chi connectivity index (χ1v) is 6.90. The van der Waals surface area contributed by atoms with Crippen LogP contribution >= 0.6 is 0 Å². The van der Waals surface area contributed by atoms with E-state index in [1.165, 1.54) is 0 Å². The first-order chi connectivity index (χ1) is 9.10. The summed E-state index contributed by atoms with van der Waals surface area (Å²) in [6.07, 6.45) is 1.32. The average molecular weight is 264 g/mol. The van der Waals surface area contributed by atoms with Gasteiger partial charge in [-0.3, -0.25) is 0 Å². The van der Waals surface area contributed by atoms with Gasteiger partial charge in [0.15, 0.2) is 6.29 Å². The predicted octanol–water partition coefficient (Wildman–Crippen LogP) is 2.14. The van der Waals surface area contributed by atoms with E-state index in [2.05, 4.69) is 17.3 Å². The van der Waals surface area contributed by atoms with Crippen LogP contribution in [0.15, 0.2) is 18.2 Å². The molecule has 1 aliphatic rings. The molecule has 19 heavy (non-hydrogen) atoms. The summed E-state index contributed by atoms with van der Waals surface area (Å²) in [6, 6.07) is 5.87. The lowest BCUT2D eigenvalue weighted by molar-refractivity contribution is -0.150. The molecule has 0 bridgehead atoms. The van der Waals surface area contributed by atoms with E-state index in [9.17, 15) is 5.11 Å². The molecule has 0 amide bonds. The molecule has 1 unspecified atom stereocenters. The molecule has 1 aromatic rings. The van der Waals surface area contributed by atoms with Crippen molar-refractivity contribution in [1.29, 1.82) is 0 Å². The molecule has 0 spiro atoms. The number of likely N-dealkylation sites (tertiary alicyclic amines) is 1. The molecule has 1 aromatic carbocycles. The smallest absolute Gasteiger partial charge is 0.181 e. The van der Waals surface area contributed by atoms with Crippen LogP contribution in [-0.4, -0.2) is 43.3 Å². The number of hydrogen-bond acceptors (Lipinski definition) is 4. The zero-order valence-corrected chi connectivity index (χ0v) is 12.0. The van der Waals surface area contributed by atoms with Gasteiger partial charge in [-0.05, 0) is 44.5 Å². The summed E-state index contributed by atoms with van der Waals surface area (Å²) in [5.74, 6) is 0. The number of ether oxygens (including phenoxy) is 1. The van der Waals surface area contributed by atoms with E-state index in [1.807, 2.05) is 32.2 Å². The highest BCUT2D eigenvalue weighted by Gasteiger charge is 2.21. The van der Waals surface area contributed by atoms with Crippen molar-refractivity contribution in [2.45, 2.75) is 32.2 Å². The molecular formula is C15H24N2O2. The maximum Gasteiger partial charge on any atom is 0.181 e. The van der Waals surface area contributed by atoms with Gasteiger partial charge in [0.2, 0.25) is 0 Å². The van der Waals surface area contributed by atoms with Gasteiger partial charge in [0, 0.05) is 31.4 Å². The Kier molecular flexibility index (Phi) is 4.80. The van der Waals surface area contributed by atoms with Gasteiger partial charge in [0.05, 0.1) is 6.10 Å². The molecule has 0 saturated carbocycles. The number of piperidine rings is 1. The quantitative estimate of drug-likeness (QED) is 0.818. The molecular weight excluding hydrogens is 240 g/mol. The molecule has 106 valence electrons. The molecule has 2 N–H and O–H groups in total. The summed E-state index contributed by atoms with van der Waals surface area (Å²) in [5.41, 5.74) is 3.02. The van der Waals surface area contributed by atoms with E-state index < -0.39 is 6.29 Å². The highest BCUT2D eigenvalue weighted by molar-refractivity contribution is 5.51. The number of hydrogen-bond donors (Lipinski definition) is 2. The third kappa shape index (κ3) is 3.69. The van der Waals surface area contributed by atoms with Crippen LogP contribution < -0.4 is 5.32 Å². The van der Waals surface area contributed by atoms with Crippen LogP contribution in [0, 0.1) is 6.92 Å². The fourth-order valence-corrected chi connectivity index (χ4v) is 2.50. The van der Waals surface area contributed by atoms with Gasteiger partial charge in [-0.25, -0.2) is 0 Å². The number of rotatable bonds is 4. The van der Waals surface area contributed by atoms with Crippen molar-refractivity contribution in [3.05, 3.63) is 29.3 Å². The van der Waals surface area contributed by atoms with E-state index in [0.29, 0.717) is 0 Å². The largest absolute Gasteiger partial charge is 0.388 e. The molecule has 1 fully saturated rings. The van der Waals surface area contributed by atoms with Crippen LogP contribution in [0.4, 0.5) is 5.69 Å². The monoisotopic (exact) mass is 264 g/mol. The topological polar surface area (TPSA) is 44.7 Å². The van der Waals surface area contributed by atoms with Gasteiger partial charge in [0.25, 0.3) is 0 Å². The van der Waals surface area contributed by atoms with Gasteiger partial charge >= 0.3 is 0 Å². The number of benzene rings is 1. The number of nitrogens with one attached hydrogen (secondary N) is 1. The maximum atomic E-state index is 10.2. The van der Waals surface area contributed by atoms with Crippen molar-refractivity contribution in [3.63, 3.8) is 0 Å². The summed E-state index contributed by atoms with van der Waals surface area (Å²) < 4.78 is 5.76. The molecule has 1 atom stereocenters. The fourth-order valence-electron chi connectivity index (χ4n) is 2.50. The SMILES string of the molecule is CNc1ccc(C(O)OC2CCN(C)CC2)cc1C. The minimum Gasteiger partial charge on any atom is -0.388 e. The Bertz CT molecular complexity index is 415. The number of anilines is 1. The fraction of sp³-hybridized carbons (Fsp3) is 0.600.